The van der Waals surface area contributed by atoms with Gasteiger partial charge in [-0.1, -0.05) is 30.7 Å². The predicted molar refractivity (Wildman–Crippen MR) is 67.3 cm³/mol. The first kappa shape index (κ1) is 12.4. The lowest BCUT2D eigenvalue weighted by Crippen LogP contribution is -2.34. The van der Waals surface area contributed by atoms with Crippen LogP contribution in [0.25, 0.3) is 0 Å². The third kappa shape index (κ3) is 2.61. The Morgan fingerprint density at radius 3 is 2.76 bits per heavy atom. The summed E-state index contributed by atoms with van der Waals surface area (Å²) >= 11 is 5.84. The summed E-state index contributed by atoms with van der Waals surface area (Å²) in [6.45, 7) is 3.33. The van der Waals surface area contributed by atoms with Crippen LogP contribution in [-0.4, -0.2) is 24.2 Å². The molecular formula is C13H16ClNO2. The minimum Gasteiger partial charge on any atom is -0.481 e. The molecule has 1 aliphatic heterocycles. The van der Waals surface area contributed by atoms with Crippen molar-refractivity contribution in [2.24, 2.45) is 11.3 Å². The van der Waals surface area contributed by atoms with Crippen LogP contribution < -0.4 is 5.32 Å². The van der Waals surface area contributed by atoms with E-state index in [9.17, 15) is 9.90 Å². The SMILES string of the molecule is CC1(Cc2ccc(Cl)cc2)CNCC1C(=O)O. The molecule has 2 rings (SSSR count). The lowest BCUT2D eigenvalue weighted by Gasteiger charge is -2.28. The molecule has 0 bridgehead atoms. The highest BCUT2D eigenvalue weighted by Gasteiger charge is 2.43. The fourth-order valence-electron chi connectivity index (χ4n) is 2.51. The smallest absolute Gasteiger partial charge is 0.308 e. The van der Waals surface area contributed by atoms with Gasteiger partial charge >= 0.3 is 5.97 Å². The number of halogens is 1. The van der Waals surface area contributed by atoms with E-state index in [0.717, 1.165) is 18.5 Å². The van der Waals surface area contributed by atoms with Crippen LogP contribution in [0.1, 0.15) is 12.5 Å². The topological polar surface area (TPSA) is 49.3 Å². The second-order valence-electron chi connectivity index (χ2n) is 4.98. The predicted octanol–water partition coefficient (Wildman–Crippen LogP) is 2.19. The molecule has 92 valence electrons. The number of hydrogen-bond donors (Lipinski definition) is 2. The quantitative estimate of drug-likeness (QED) is 0.868. The van der Waals surface area contributed by atoms with Crippen molar-refractivity contribution < 1.29 is 9.90 Å². The van der Waals surface area contributed by atoms with Crippen LogP contribution in [0, 0.1) is 11.3 Å². The molecule has 0 radical (unpaired) electrons. The average molecular weight is 254 g/mol. The number of carboxylic acids is 1. The van der Waals surface area contributed by atoms with E-state index >= 15 is 0 Å². The molecule has 1 fully saturated rings. The summed E-state index contributed by atoms with van der Waals surface area (Å²) in [4.78, 5) is 11.2. The average Bonchev–Trinajstić information content (AvgIpc) is 2.64. The number of hydrogen-bond acceptors (Lipinski definition) is 2. The van der Waals surface area contributed by atoms with E-state index in [2.05, 4.69) is 5.32 Å². The molecule has 0 saturated carbocycles. The van der Waals surface area contributed by atoms with Gasteiger partial charge in [0.15, 0.2) is 0 Å². The zero-order chi connectivity index (χ0) is 12.5. The Labute approximate surface area is 106 Å². The van der Waals surface area contributed by atoms with E-state index < -0.39 is 5.97 Å². The van der Waals surface area contributed by atoms with Crippen LogP contribution in [0.4, 0.5) is 0 Å². The molecule has 2 N–H and O–H groups in total. The Kier molecular flexibility index (Phi) is 3.40. The van der Waals surface area contributed by atoms with Gasteiger partial charge < -0.3 is 10.4 Å². The lowest BCUT2D eigenvalue weighted by molar-refractivity contribution is -0.144. The van der Waals surface area contributed by atoms with Gasteiger partial charge in [-0.05, 0) is 29.5 Å². The molecule has 1 aromatic carbocycles. The van der Waals surface area contributed by atoms with Crippen LogP contribution in [0.5, 0.6) is 0 Å². The maximum atomic E-state index is 11.2. The van der Waals surface area contributed by atoms with Gasteiger partial charge in [0.25, 0.3) is 0 Å². The molecule has 17 heavy (non-hydrogen) atoms. The monoisotopic (exact) mass is 253 g/mol. The molecule has 0 spiro atoms. The Hall–Kier alpha value is -1.06. The van der Waals surface area contributed by atoms with Gasteiger partial charge in [0, 0.05) is 18.1 Å². The van der Waals surface area contributed by atoms with E-state index in [1.165, 1.54) is 0 Å². The standard InChI is InChI=1S/C13H16ClNO2/c1-13(8-15-7-11(13)12(16)17)6-9-2-4-10(14)5-3-9/h2-5,11,15H,6-8H2,1H3,(H,16,17). The molecular weight excluding hydrogens is 238 g/mol. The molecule has 1 heterocycles. The molecule has 2 atom stereocenters. The first-order chi connectivity index (χ1) is 8.01. The third-order valence-electron chi connectivity index (χ3n) is 3.54. The zero-order valence-corrected chi connectivity index (χ0v) is 10.5. The molecule has 2 unspecified atom stereocenters. The van der Waals surface area contributed by atoms with Crippen LogP contribution in [0.2, 0.25) is 5.02 Å². The molecule has 1 aliphatic rings. The molecule has 3 nitrogen and oxygen atoms in total. The molecule has 1 saturated heterocycles. The summed E-state index contributed by atoms with van der Waals surface area (Å²) < 4.78 is 0. The zero-order valence-electron chi connectivity index (χ0n) is 9.74. The number of carboxylic acid groups (broad SMARTS) is 1. The van der Waals surface area contributed by atoms with Gasteiger partial charge in [-0.15, -0.1) is 0 Å². The van der Waals surface area contributed by atoms with Gasteiger partial charge in [0.1, 0.15) is 0 Å². The second-order valence-corrected chi connectivity index (χ2v) is 5.42. The van der Waals surface area contributed by atoms with E-state index in [-0.39, 0.29) is 11.3 Å². The van der Waals surface area contributed by atoms with Crippen LogP contribution >= 0.6 is 11.6 Å². The van der Waals surface area contributed by atoms with E-state index in [0.29, 0.717) is 11.6 Å². The fraction of sp³-hybridized carbons (Fsp3) is 0.462. The fourth-order valence-corrected chi connectivity index (χ4v) is 2.64. The normalized spacial score (nSPS) is 28.2. The Morgan fingerprint density at radius 1 is 1.53 bits per heavy atom. The van der Waals surface area contributed by atoms with Crippen molar-refractivity contribution in [3.8, 4) is 0 Å². The van der Waals surface area contributed by atoms with Gasteiger partial charge in [-0.25, -0.2) is 0 Å². The number of aliphatic carboxylic acids is 1. The van der Waals surface area contributed by atoms with E-state index in [4.69, 9.17) is 11.6 Å². The minimum absolute atomic E-state index is 0.223. The number of rotatable bonds is 3. The van der Waals surface area contributed by atoms with Crippen LogP contribution in [0.15, 0.2) is 24.3 Å². The molecule has 0 aliphatic carbocycles. The summed E-state index contributed by atoms with van der Waals surface area (Å²) in [5, 5.41) is 13.1. The highest BCUT2D eigenvalue weighted by Crippen LogP contribution is 2.35. The van der Waals surface area contributed by atoms with Gasteiger partial charge in [0.05, 0.1) is 5.92 Å². The maximum Gasteiger partial charge on any atom is 0.308 e. The Balaban J connectivity index is 2.16. The van der Waals surface area contributed by atoms with E-state index in [1.54, 1.807) is 0 Å². The second kappa shape index (κ2) is 4.67. The van der Waals surface area contributed by atoms with E-state index in [1.807, 2.05) is 31.2 Å². The van der Waals surface area contributed by atoms with Gasteiger partial charge in [0.2, 0.25) is 0 Å². The summed E-state index contributed by atoms with van der Waals surface area (Å²) in [7, 11) is 0. The number of nitrogens with one attached hydrogen (secondary N) is 1. The largest absolute Gasteiger partial charge is 0.481 e. The molecule has 0 amide bonds. The summed E-state index contributed by atoms with van der Waals surface area (Å²) in [5.74, 6) is -1.04. The van der Waals surface area contributed by atoms with Crippen molar-refractivity contribution in [1.82, 2.24) is 5.32 Å². The lowest BCUT2D eigenvalue weighted by atomic mass is 9.75. The van der Waals surface area contributed by atoms with Crippen LogP contribution in [-0.2, 0) is 11.2 Å². The number of carbonyl (C=O) groups is 1. The van der Waals surface area contributed by atoms with Gasteiger partial charge in [-0.3, -0.25) is 4.79 Å². The van der Waals surface area contributed by atoms with Crippen molar-refractivity contribution in [3.05, 3.63) is 34.9 Å². The highest BCUT2D eigenvalue weighted by atomic mass is 35.5. The van der Waals surface area contributed by atoms with Crippen molar-refractivity contribution in [1.29, 1.82) is 0 Å². The summed E-state index contributed by atoms with van der Waals surface area (Å²) in [5.41, 5.74) is 0.909. The van der Waals surface area contributed by atoms with Crippen molar-refractivity contribution in [3.63, 3.8) is 0 Å². The van der Waals surface area contributed by atoms with Crippen molar-refractivity contribution in [2.75, 3.05) is 13.1 Å². The summed E-state index contributed by atoms with van der Waals surface area (Å²) in [6.07, 6.45) is 0.758. The minimum atomic E-state index is -0.716. The number of benzene rings is 1. The van der Waals surface area contributed by atoms with Crippen molar-refractivity contribution in [2.45, 2.75) is 13.3 Å². The molecule has 1 aromatic rings. The molecule has 4 heteroatoms. The van der Waals surface area contributed by atoms with Crippen LogP contribution in [0.3, 0.4) is 0 Å². The van der Waals surface area contributed by atoms with Crippen molar-refractivity contribution >= 4 is 17.6 Å². The van der Waals surface area contributed by atoms with Gasteiger partial charge in [-0.2, -0.15) is 0 Å². The molecule has 0 aromatic heterocycles. The maximum absolute atomic E-state index is 11.2. The third-order valence-corrected chi connectivity index (χ3v) is 3.79. The summed E-state index contributed by atoms with van der Waals surface area (Å²) in [6, 6.07) is 7.62. The first-order valence-corrected chi connectivity index (χ1v) is 6.07. The Bertz CT molecular complexity index is 418. The Morgan fingerprint density at radius 2 is 2.18 bits per heavy atom. The highest BCUT2D eigenvalue weighted by molar-refractivity contribution is 6.30. The first-order valence-electron chi connectivity index (χ1n) is 5.69.